The maximum atomic E-state index is 12.6. The highest BCUT2D eigenvalue weighted by atomic mass is 16.5. The highest BCUT2D eigenvalue weighted by Gasteiger charge is 2.13. The van der Waals surface area contributed by atoms with Crippen LogP contribution in [0.2, 0.25) is 0 Å². The van der Waals surface area contributed by atoms with Crippen molar-refractivity contribution in [1.82, 2.24) is 14.7 Å². The van der Waals surface area contributed by atoms with Gasteiger partial charge in [0.2, 0.25) is 0 Å². The van der Waals surface area contributed by atoms with Crippen LogP contribution in [-0.4, -0.2) is 47.4 Å². The van der Waals surface area contributed by atoms with Gasteiger partial charge in [0.15, 0.2) is 5.69 Å². The molecule has 0 saturated heterocycles. The number of benzene rings is 2. The Balaban J connectivity index is 1.67. The predicted octanol–water partition coefficient (Wildman–Crippen LogP) is 3.72. The summed E-state index contributed by atoms with van der Waals surface area (Å²) in [6.07, 6.45) is 1.67. The molecular formula is C22H24N4O4. The normalized spacial score (nSPS) is 10.4. The first kappa shape index (κ1) is 20.9. The van der Waals surface area contributed by atoms with Crippen molar-refractivity contribution in [1.29, 1.82) is 0 Å². The molecule has 0 aliphatic carbocycles. The Hall–Kier alpha value is -3.81. The van der Waals surface area contributed by atoms with Crippen LogP contribution in [0.25, 0.3) is 5.69 Å². The number of nitrogens with zero attached hydrogens (tertiary/aromatic N) is 3. The Bertz CT molecular complexity index is 1030. The lowest BCUT2D eigenvalue weighted by molar-refractivity contribution is 0.0519. The van der Waals surface area contributed by atoms with E-state index < -0.39 is 5.97 Å². The van der Waals surface area contributed by atoms with Crippen LogP contribution in [0.15, 0.2) is 60.8 Å². The average molecular weight is 408 g/mol. The molecule has 0 atom stereocenters. The number of rotatable bonds is 7. The molecule has 0 aliphatic rings. The van der Waals surface area contributed by atoms with Crippen LogP contribution in [0, 0.1) is 0 Å². The molecular weight excluding hydrogens is 384 g/mol. The lowest BCUT2D eigenvalue weighted by atomic mass is 10.2. The number of hydrogen-bond acceptors (Lipinski definition) is 5. The molecule has 156 valence electrons. The van der Waals surface area contributed by atoms with E-state index in [1.54, 1.807) is 61.1 Å². The van der Waals surface area contributed by atoms with E-state index in [1.165, 1.54) is 0 Å². The first-order valence-electron chi connectivity index (χ1n) is 9.48. The van der Waals surface area contributed by atoms with E-state index in [4.69, 9.17) is 9.47 Å². The van der Waals surface area contributed by atoms with Crippen LogP contribution in [0.1, 0.15) is 23.0 Å². The Labute approximate surface area is 175 Å². The first-order valence-corrected chi connectivity index (χ1v) is 9.48. The number of aromatic nitrogens is 2. The molecule has 3 aromatic rings. The molecule has 1 aromatic heterocycles. The standard InChI is InChI=1S/C22H24N4O4/c1-4-30-21(27)20-11-12-26(24-20)18-9-6-8-17(14-18)23-22(28)25(2)15-16-7-5-10-19(13-16)29-3/h5-14H,4,15H2,1-3H3,(H,23,28). The summed E-state index contributed by atoms with van der Waals surface area (Å²) in [4.78, 5) is 26.0. The van der Waals surface area contributed by atoms with Gasteiger partial charge in [-0.05, 0) is 48.9 Å². The van der Waals surface area contributed by atoms with Crippen molar-refractivity contribution < 1.29 is 19.1 Å². The molecule has 8 heteroatoms. The van der Waals surface area contributed by atoms with Gasteiger partial charge in [-0.2, -0.15) is 5.10 Å². The highest BCUT2D eigenvalue weighted by Crippen LogP contribution is 2.17. The Morgan fingerprint density at radius 3 is 2.70 bits per heavy atom. The Kier molecular flexibility index (Phi) is 6.69. The molecule has 0 saturated carbocycles. The molecule has 1 N–H and O–H groups in total. The largest absolute Gasteiger partial charge is 0.497 e. The van der Waals surface area contributed by atoms with Crippen LogP contribution < -0.4 is 10.1 Å². The lowest BCUT2D eigenvalue weighted by Crippen LogP contribution is -2.30. The minimum Gasteiger partial charge on any atom is -0.497 e. The number of nitrogens with one attached hydrogen (secondary N) is 1. The fourth-order valence-corrected chi connectivity index (χ4v) is 2.84. The average Bonchev–Trinajstić information content (AvgIpc) is 3.25. The zero-order valence-electron chi connectivity index (χ0n) is 17.2. The molecule has 30 heavy (non-hydrogen) atoms. The van der Waals surface area contributed by atoms with Crippen molar-refractivity contribution in [2.75, 3.05) is 26.1 Å². The van der Waals surface area contributed by atoms with Gasteiger partial charge in [-0.1, -0.05) is 18.2 Å². The molecule has 8 nitrogen and oxygen atoms in total. The second-order valence-electron chi connectivity index (χ2n) is 6.55. The molecule has 0 radical (unpaired) electrons. The third-order valence-corrected chi connectivity index (χ3v) is 4.34. The Morgan fingerprint density at radius 2 is 1.93 bits per heavy atom. The number of esters is 1. The summed E-state index contributed by atoms with van der Waals surface area (Å²) < 4.78 is 11.7. The predicted molar refractivity (Wildman–Crippen MR) is 113 cm³/mol. The minimum atomic E-state index is -0.472. The number of amides is 2. The van der Waals surface area contributed by atoms with Crippen molar-refractivity contribution in [2.45, 2.75) is 13.5 Å². The monoisotopic (exact) mass is 408 g/mol. The third kappa shape index (κ3) is 5.16. The van der Waals surface area contributed by atoms with Crippen LogP contribution in [0.3, 0.4) is 0 Å². The van der Waals surface area contributed by atoms with Gasteiger partial charge < -0.3 is 19.7 Å². The number of carbonyl (C=O) groups excluding carboxylic acids is 2. The fourth-order valence-electron chi connectivity index (χ4n) is 2.84. The maximum absolute atomic E-state index is 12.6. The van der Waals surface area contributed by atoms with Gasteiger partial charge in [-0.25, -0.2) is 14.3 Å². The fraction of sp³-hybridized carbons (Fsp3) is 0.227. The van der Waals surface area contributed by atoms with Crippen LogP contribution >= 0.6 is 0 Å². The zero-order chi connectivity index (χ0) is 21.5. The topological polar surface area (TPSA) is 85.7 Å². The van der Waals surface area contributed by atoms with E-state index >= 15 is 0 Å². The van der Waals surface area contributed by atoms with Crippen molar-refractivity contribution in [3.05, 3.63) is 72.1 Å². The van der Waals surface area contributed by atoms with Gasteiger partial charge >= 0.3 is 12.0 Å². The number of hydrogen-bond donors (Lipinski definition) is 1. The van der Waals surface area contributed by atoms with E-state index in [0.29, 0.717) is 17.9 Å². The zero-order valence-corrected chi connectivity index (χ0v) is 17.2. The third-order valence-electron chi connectivity index (χ3n) is 4.34. The van der Waals surface area contributed by atoms with E-state index in [9.17, 15) is 9.59 Å². The summed E-state index contributed by atoms with van der Waals surface area (Å²) in [7, 11) is 3.33. The molecule has 0 aliphatic heterocycles. The molecule has 0 bridgehead atoms. The molecule has 0 unspecified atom stereocenters. The number of ether oxygens (including phenoxy) is 2. The highest BCUT2D eigenvalue weighted by molar-refractivity contribution is 5.89. The SMILES string of the molecule is CCOC(=O)c1ccn(-c2cccc(NC(=O)N(C)Cc3cccc(OC)c3)c2)n1. The van der Waals surface area contributed by atoms with E-state index in [-0.39, 0.29) is 18.3 Å². The molecule has 0 spiro atoms. The molecule has 2 aromatic carbocycles. The molecule has 3 rings (SSSR count). The quantitative estimate of drug-likeness (QED) is 0.602. The van der Waals surface area contributed by atoms with Crippen molar-refractivity contribution in [3.8, 4) is 11.4 Å². The van der Waals surface area contributed by atoms with E-state index in [1.807, 2.05) is 30.3 Å². The summed E-state index contributed by atoms with van der Waals surface area (Å²) in [5.74, 6) is 0.273. The maximum Gasteiger partial charge on any atom is 0.358 e. The van der Waals surface area contributed by atoms with Crippen molar-refractivity contribution >= 4 is 17.7 Å². The summed E-state index contributed by atoms with van der Waals surface area (Å²) in [6, 6.07) is 16.1. The molecule has 0 fully saturated rings. The first-order chi connectivity index (χ1) is 14.5. The number of methoxy groups -OCH3 is 1. The van der Waals surface area contributed by atoms with Gasteiger partial charge in [0.25, 0.3) is 0 Å². The summed E-state index contributed by atoms with van der Waals surface area (Å²) in [5, 5.41) is 7.11. The van der Waals surface area contributed by atoms with E-state index in [0.717, 1.165) is 11.3 Å². The van der Waals surface area contributed by atoms with Gasteiger partial charge in [0.1, 0.15) is 5.75 Å². The number of anilines is 1. The number of carbonyl (C=O) groups is 2. The molecule has 2 amide bonds. The molecule has 1 heterocycles. The second kappa shape index (κ2) is 9.60. The van der Waals surface area contributed by atoms with E-state index in [2.05, 4.69) is 10.4 Å². The summed E-state index contributed by atoms with van der Waals surface area (Å²) >= 11 is 0. The number of urea groups is 1. The minimum absolute atomic E-state index is 0.226. The van der Waals surface area contributed by atoms with Gasteiger partial charge in [0.05, 0.1) is 19.4 Å². The van der Waals surface area contributed by atoms with Crippen molar-refractivity contribution in [3.63, 3.8) is 0 Å². The summed E-state index contributed by atoms with van der Waals surface area (Å²) in [5.41, 5.74) is 2.51. The Morgan fingerprint density at radius 1 is 1.13 bits per heavy atom. The van der Waals surface area contributed by atoms with Crippen LogP contribution in [-0.2, 0) is 11.3 Å². The second-order valence-corrected chi connectivity index (χ2v) is 6.55. The van der Waals surface area contributed by atoms with Crippen molar-refractivity contribution in [2.24, 2.45) is 0 Å². The van der Waals surface area contributed by atoms with Crippen LogP contribution in [0.5, 0.6) is 5.75 Å². The van der Waals surface area contributed by atoms with Crippen LogP contribution in [0.4, 0.5) is 10.5 Å². The van der Waals surface area contributed by atoms with Gasteiger partial charge in [-0.3, -0.25) is 0 Å². The summed E-state index contributed by atoms with van der Waals surface area (Å²) in [6.45, 7) is 2.47. The lowest BCUT2D eigenvalue weighted by Gasteiger charge is -2.18. The smallest absolute Gasteiger partial charge is 0.358 e. The van der Waals surface area contributed by atoms with Gasteiger partial charge in [0, 0.05) is 25.5 Å². The van der Waals surface area contributed by atoms with Gasteiger partial charge in [-0.15, -0.1) is 0 Å².